The van der Waals surface area contributed by atoms with Crippen LogP contribution in [0.4, 0.5) is 0 Å². The van der Waals surface area contributed by atoms with Gasteiger partial charge in [0.15, 0.2) is 0 Å². The smallest absolute Gasteiger partial charge is 0.333 e. The van der Waals surface area contributed by atoms with Crippen molar-refractivity contribution in [2.45, 2.75) is 26.7 Å². The van der Waals surface area contributed by atoms with E-state index in [1.807, 2.05) is 6.92 Å². The average Bonchev–Trinajstić information content (AvgIpc) is 1.97. The zero-order chi connectivity index (χ0) is 9.56. The molecule has 0 aliphatic heterocycles. The maximum absolute atomic E-state index is 10.8. The third-order valence-corrected chi connectivity index (χ3v) is 1.33. The van der Waals surface area contributed by atoms with E-state index in [9.17, 15) is 4.79 Å². The topological polar surface area (TPSA) is 26.3 Å². The fourth-order valence-electron chi connectivity index (χ4n) is 0.662. The van der Waals surface area contributed by atoms with Crippen LogP contribution in [0.1, 0.15) is 26.7 Å². The normalized spacial score (nSPS) is 9.17. The van der Waals surface area contributed by atoms with Crippen molar-refractivity contribution in [2.75, 3.05) is 6.61 Å². The number of ether oxygens (including phenoxy) is 1. The average molecular weight is 168 g/mol. The van der Waals surface area contributed by atoms with Gasteiger partial charge in [-0.1, -0.05) is 12.2 Å². The van der Waals surface area contributed by atoms with E-state index in [1.165, 1.54) is 0 Å². The van der Waals surface area contributed by atoms with Gasteiger partial charge in [0.25, 0.3) is 0 Å². The van der Waals surface area contributed by atoms with Gasteiger partial charge in [0, 0.05) is 5.57 Å². The van der Waals surface area contributed by atoms with Crippen LogP contribution in [0.15, 0.2) is 24.3 Å². The van der Waals surface area contributed by atoms with E-state index in [0.29, 0.717) is 12.2 Å². The molecule has 0 rings (SSSR count). The van der Waals surface area contributed by atoms with Gasteiger partial charge in [-0.15, -0.1) is 6.58 Å². The molecule has 0 aromatic rings. The maximum Gasteiger partial charge on any atom is 0.333 e. The summed E-state index contributed by atoms with van der Waals surface area (Å²) in [5.74, 6) is -0.309. The third-order valence-electron chi connectivity index (χ3n) is 1.33. The van der Waals surface area contributed by atoms with E-state index < -0.39 is 0 Å². The van der Waals surface area contributed by atoms with E-state index in [4.69, 9.17) is 4.74 Å². The molecule has 0 amide bonds. The van der Waals surface area contributed by atoms with Crippen molar-refractivity contribution < 1.29 is 9.53 Å². The van der Waals surface area contributed by atoms with Crippen LogP contribution >= 0.6 is 0 Å². The summed E-state index contributed by atoms with van der Waals surface area (Å²) >= 11 is 0. The minimum atomic E-state index is -0.309. The summed E-state index contributed by atoms with van der Waals surface area (Å²) in [6, 6.07) is 0. The van der Waals surface area contributed by atoms with E-state index in [1.54, 1.807) is 6.92 Å². The lowest BCUT2D eigenvalue weighted by Crippen LogP contribution is -2.06. The largest absolute Gasteiger partial charge is 0.462 e. The Balaban J connectivity index is 3.38. The quantitative estimate of drug-likeness (QED) is 0.273. The van der Waals surface area contributed by atoms with E-state index >= 15 is 0 Å². The van der Waals surface area contributed by atoms with Crippen molar-refractivity contribution in [1.29, 1.82) is 0 Å². The lowest BCUT2D eigenvalue weighted by Gasteiger charge is -2.03. The highest BCUT2D eigenvalue weighted by Crippen LogP contribution is 2.01. The lowest BCUT2D eigenvalue weighted by molar-refractivity contribution is -0.139. The predicted molar refractivity (Wildman–Crippen MR) is 49.8 cm³/mol. The Labute approximate surface area is 73.9 Å². The first-order valence-corrected chi connectivity index (χ1v) is 4.01. The highest BCUT2D eigenvalue weighted by Gasteiger charge is 2.01. The maximum atomic E-state index is 10.8. The molecule has 0 fully saturated rings. The van der Waals surface area contributed by atoms with E-state index in [0.717, 1.165) is 18.4 Å². The van der Waals surface area contributed by atoms with Crippen LogP contribution in [-0.4, -0.2) is 12.6 Å². The summed E-state index contributed by atoms with van der Waals surface area (Å²) < 4.78 is 4.87. The molecule has 0 heterocycles. The van der Waals surface area contributed by atoms with Gasteiger partial charge in [0.1, 0.15) is 0 Å². The summed E-state index contributed by atoms with van der Waals surface area (Å²) in [6.07, 6.45) is 1.75. The summed E-state index contributed by atoms with van der Waals surface area (Å²) in [5, 5.41) is 0. The van der Waals surface area contributed by atoms with Crippen LogP contribution in [0, 0.1) is 0 Å². The molecule has 0 aliphatic carbocycles. The van der Waals surface area contributed by atoms with Crippen LogP contribution in [0.25, 0.3) is 0 Å². The summed E-state index contributed by atoms with van der Waals surface area (Å²) in [5.41, 5.74) is 1.56. The number of allylic oxidation sites excluding steroid dienone is 1. The zero-order valence-corrected chi connectivity index (χ0v) is 7.85. The second kappa shape index (κ2) is 5.58. The molecule has 0 bridgehead atoms. The van der Waals surface area contributed by atoms with Gasteiger partial charge in [0.05, 0.1) is 6.61 Å². The highest BCUT2D eigenvalue weighted by atomic mass is 16.5. The molecule has 2 nitrogen and oxygen atoms in total. The molecule has 0 atom stereocenters. The molecule has 0 unspecified atom stereocenters. The van der Waals surface area contributed by atoms with E-state index in [2.05, 4.69) is 13.2 Å². The van der Waals surface area contributed by atoms with Crippen molar-refractivity contribution >= 4 is 5.97 Å². The van der Waals surface area contributed by atoms with Gasteiger partial charge >= 0.3 is 5.97 Å². The Morgan fingerprint density at radius 3 is 2.33 bits per heavy atom. The van der Waals surface area contributed by atoms with Gasteiger partial charge in [-0.2, -0.15) is 0 Å². The Morgan fingerprint density at radius 2 is 1.92 bits per heavy atom. The molecule has 68 valence electrons. The van der Waals surface area contributed by atoms with Crippen LogP contribution in [-0.2, 0) is 9.53 Å². The van der Waals surface area contributed by atoms with Crippen molar-refractivity contribution in [3.05, 3.63) is 24.3 Å². The fourth-order valence-corrected chi connectivity index (χ4v) is 0.662. The molecule has 0 saturated carbocycles. The summed E-state index contributed by atoms with van der Waals surface area (Å²) in [7, 11) is 0. The monoisotopic (exact) mass is 168 g/mol. The molecule has 0 radical (unpaired) electrons. The lowest BCUT2D eigenvalue weighted by atomic mass is 10.2. The second-order valence-corrected chi connectivity index (χ2v) is 2.98. The van der Waals surface area contributed by atoms with Gasteiger partial charge in [0.2, 0.25) is 0 Å². The zero-order valence-electron chi connectivity index (χ0n) is 7.85. The van der Waals surface area contributed by atoms with Gasteiger partial charge < -0.3 is 4.74 Å². The number of carbonyl (C=O) groups excluding carboxylic acids is 1. The van der Waals surface area contributed by atoms with Gasteiger partial charge in [-0.25, -0.2) is 4.79 Å². The molecule has 0 aromatic carbocycles. The molecular formula is C10H16O2. The van der Waals surface area contributed by atoms with Crippen LogP contribution in [0.3, 0.4) is 0 Å². The molecule has 0 spiro atoms. The first-order valence-electron chi connectivity index (χ1n) is 4.01. The number of carbonyl (C=O) groups is 1. The molecule has 0 saturated heterocycles. The number of rotatable bonds is 5. The van der Waals surface area contributed by atoms with Crippen molar-refractivity contribution in [3.8, 4) is 0 Å². The third kappa shape index (κ3) is 5.71. The molecular weight excluding hydrogens is 152 g/mol. The Hall–Kier alpha value is -1.05. The minimum Gasteiger partial charge on any atom is -0.462 e. The first-order chi connectivity index (χ1) is 5.54. The van der Waals surface area contributed by atoms with Gasteiger partial charge in [-0.3, -0.25) is 0 Å². The molecule has 0 aromatic heterocycles. The summed E-state index contributed by atoms with van der Waals surface area (Å²) in [6.45, 7) is 11.3. The van der Waals surface area contributed by atoms with Crippen molar-refractivity contribution in [2.24, 2.45) is 0 Å². The van der Waals surface area contributed by atoms with Crippen LogP contribution in [0.2, 0.25) is 0 Å². The summed E-state index contributed by atoms with van der Waals surface area (Å²) in [4.78, 5) is 10.8. The van der Waals surface area contributed by atoms with Crippen molar-refractivity contribution in [1.82, 2.24) is 0 Å². The van der Waals surface area contributed by atoms with Crippen LogP contribution < -0.4 is 0 Å². The Kier molecular flexibility index (Phi) is 5.09. The predicted octanol–water partition coefficient (Wildman–Crippen LogP) is 2.46. The SMILES string of the molecule is C=C(C)CCCOC(=O)C(=C)C. The standard InChI is InChI=1S/C10H16O2/c1-8(2)6-5-7-12-10(11)9(3)4/h1,3,5-7H2,2,4H3. The number of hydrogen-bond acceptors (Lipinski definition) is 2. The minimum absolute atomic E-state index is 0.309. The van der Waals surface area contributed by atoms with Crippen LogP contribution in [0.5, 0.6) is 0 Å². The van der Waals surface area contributed by atoms with Gasteiger partial charge in [-0.05, 0) is 26.7 Å². The number of hydrogen-bond donors (Lipinski definition) is 0. The Morgan fingerprint density at radius 1 is 1.33 bits per heavy atom. The first kappa shape index (κ1) is 11.0. The molecule has 12 heavy (non-hydrogen) atoms. The molecule has 0 N–H and O–H groups in total. The molecule has 2 heteroatoms. The number of esters is 1. The second-order valence-electron chi connectivity index (χ2n) is 2.98. The van der Waals surface area contributed by atoms with E-state index in [-0.39, 0.29) is 5.97 Å². The fraction of sp³-hybridized carbons (Fsp3) is 0.500. The molecule has 0 aliphatic rings. The highest BCUT2D eigenvalue weighted by molar-refractivity contribution is 5.86. The Bertz CT molecular complexity index is 192. The van der Waals surface area contributed by atoms with Crippen molar-refractivity contribution in [3.63, 3.8) is 0 Å².